The van der Waals surface area contributed by atoms with E-state index in [9.17, 15) is 0 Å². The molecule has 0 amide bonds. The Hall–Kier alpha value is -0.860. The Bertz CT molecular complexity index is 269. The normalized spacial score (nSPS) is 9.88. The molecule has 1 N–H and O–H groups in total. The van der Waals surface area contributed by atoms with Gasteiger partial charge in [0.25, 0.3) is 0 Å². The van der Waals surface area contributed by atoms with E-state index in [0.717, 1.165) is 19.6 Å². The van der Waals surface area contributed by atoms with Crippen molar-refractivity contribution in [2.75, 3.05) is 27.2 Å². The average Bonchev–Trinajstić information content (AvgIpc) is 2.27. The van der Waals surface area contributed by atoms with Gasteiger partial charge < -0.3 is 10.2 Å². The van der Waals surface area contributed by atoms with Crippen molar-refractivity contribution in [2.24, 2.45) is 0 Å². The van der Waals surface area contributed by atoms with Crippen LogP contribution in [0.2, 0.25) is 0 Å². The van der Waals surface area contributed by atoms with Crippen molar-refractivity contribution in [3.05, 3.63) is 35.4 Å². The predicted octanol–water partition coefficient (Wildman–Crippen LogP) is 2.67. The highest BCUT2D eigenvalue weighted by molar-refractivity contribution is 5.21. The third-order valence-electron chi connectivity index (χ3n) is 2.15. The maximum Gasteiger partial charge on any atom is 0.0206 e. The molecule has 2 nitrogen and oxygen atoms in total. The quantitative estimate of drug-likeness (QED) is 0.771. The number of benzene rings is 1. The molecule has 92 valence electrons. The molecule has 0 aliphatic rings. The van der Waals surface area contributed by atoms with Gasteiger partial charge in [-0.3, -0.25) is 0 Å². The number of nitrogens with one attached hydrogen (secondary N) is 1. The van der Waals surface area contributed by atoms with Crippen molar-refractivity contribution in [1.29, 1.82) is 0 Å². The minimum Gasteiger partial charge on any atom is -0.311 e. The fraction of sp³-hybridized carbons (Fsp3) is 0.571. The Morgan fingerprint density at radius 3 is 2.44 bits per heavy atom. The monoisotopic (exact) mass is 222 g/mol. The Morgan fingerprint density at radius 1 is 1.19 bits per heavy atom. The summed E-state index contributed by atoms with van der Waals surface area (Å²) in [6.45, 7) is 9.23. The first-order valence-electron chi connectivity index (χ1n) is 6.09. The van der Waals surface area contributed by atoms with Crippen LogP contribution in [-0.2, 0) is 6.54 Å². The number of aryl methyl sites for hydroxylation is 1. The van der Waals surface area contributed by atoms with E-state index in [-0.39, 0.29) is 0 Å². The molecule has 0 aliphatic carbocycles. The maximum absolute atomic E-state index is 3.42. The zero-order chi connectivity index (χ0) is 12.4. The third-order valence-corrected chi connectivity index (χ3v) is 2.15. The van der Waals surface area contributed by atoms with Crippen molar-refractivity contribution in [1.82, 2.24) is 10.2 Å². The molecule has 0 bridgehead atoms. The van der Waals surface area contributed by atoms with Crippen LogP contribution in [0.4, 0.5) is 0 Å². The molecule has 1 aromatic carbocycles. The number of hydrogen-bond acceptors (Lipinski definition) is 2. The lowest BCUT2D eigenvalue weighted by molar-refractivity contribution is 0.400. The summed E-state index contributed by atoms with van der Waals surface area (Å²) in [6.07, 6.45) is 0. The third kappa shape index (κ3) is 7.43. The fourth-order valence-electron chi connectivity index (χ4n) is 1.36. The standard InChI is InChI=1S/C12H20N2.C2H6/c1-11-5-4-6-12(9-11)10-13-7-8-14(2)3;1-2/h4-6,9,13H,7-8,10H2,1-3H3;1-2H3. The molecule has 0 aliphatic heterocycles. The number of rotatable bonds is 5. The van der Waals surface area contributed by atoms with E-state index in [0.29, 0.717) is 0 Å². The molecular formula is C14H26N2. The van der Waals surface area contributed by atoms with Gasteiger partial charge in [-0.2, -0.15) is 0 Å². The summed E-state index contributed by atoms with van der Waals surface area (Å²) in [7, 11) is 4.18. The summed E-state index contributed by atoms with van der Waals surface area (Å²) in [5.74, 6) is 0. The van der Waals surface area contributed by atoms with E-state index < -0.39 is 0 Å². The molecule has 1 aromatic rings. The second-order valence-corrected chi connectivity index (χ2v) is 3.97. The molecule has 0 atom stereocenters. The molecule has 0 spiro atoms. The molecule has 0 radical (unpaired) electrons. The maximum atomic E-state index is 3.42. The summed E-state index contributed by atoms with van der Waals surface area (Å²) >= 11 is 0. The van der Waals surface area contributed by atoms with Crippen molar-refractivity contribution in [3.63, 3.8) is 0 Å². The van der Waals surface area contributed by atoms with Crippen molar-refractivity contribution < 1.29 is 0 Å². The highest BCUT2D eigenvalue weighted by Crippen LogP contribution is 2.02. The average molecular weight is 222 g/mol. The number of hydrogen-bond donors (Lipinski definition) is 1. The van der Waals surface area contributed by atoms with E-state index in [1.54, 1.807) is 0 Å². The largest absolute Gasteiger partial charge is 0.311 e. The topological polar surface area (TPSA) is 15.3 Å². The van der Waals surface area contributed by atoms with Gasteiger partial charge in [0.05, 0.1) is 0 Å². The van der Waals surface area contributed by atoms with Gasteiger partial charge in [-0.1, -0.05) is 43.7 Å². The minimum absolute atomic E-state index is 0.968. The summed E-state index contributed by atoms with van der Waals surface area (Å²) < 4.78 is 0. The number of nitrogens with zero attached hydrogens (tertiary/aromatic N) is 1. The van der Waals surface area contributed by atoms with E-state index in [4.69, 9.17) is 0 Å². The van der Waals surface area contributed by atoms with Gasteiger partial charge in [0.2, 0.25) is 0 Å². The van der Waals surface area contributed by atoms with E-state index >= 15 is 0 Å². The zero-order valence-electron chi connectivity index (χ0n) is 11.4. The smallest absolute Gasteiger partial charge is 0.0206 e. The molecule has 1 rings (SSSR count). The van der Waals surface area contributed by atoms with Crippen molar-refractivity contribution in [2.45, 2.75) is 27.3 Å². The first-order valence-corrected chi connectivity index (χ1v) is 6.09. The van der Waals surface area contributed by atoms with Crippen LogP contribution in [0.5, 0.6) is 0 Å². The van der Waals surface area contributed by atoms with Crippen LogP contribution in [0.25, 0.3) is 0 Å². The zero-order valence-corrected chi connectivity index (χ0v) is 11.4. The van der Waals surface area contributed by atoms with Gasteiger partial charge in [0.1, 0.15) is 0 Å². The summed E-state index contributed by atoms with van der Waals surface area (Å²) in [4.78, 5) is 2.18. The lowest BCUT2D eigenvalue weighted by Crippen LogP contribution is -2.26. The molecule has 0 heterocycles. The van der Waals surface area contributed by atoms with Crippen molar-refractivity contribution >= 4 is 0 Å². The van der Waals surface area contributed by atoms with Crippen LogP contribution in [-0.4, -0.2) is 32.1 Å². The van der Waals surface area contributed by atoms with Gasteiger partial charge >= 0.3 is 0 Å². The summed E-state index contributed by atoms with van der Waals surface area (Å²) in [5, 5.41) is 3.42. The minimum atomic E-state index is 0.968. The van der Waals surface area contributed by atoms with Crippen LogP contribution in [0, 0.1) is 6.92 Å². The lowest BCUT2D eigenvalue weighted by atomic mass is 10.1. The second kappa shape index (κ2) is 9.37. The predicted molar refractivity (Wildman–Crippen MR) is 72.8 cm³/mol. The first kappa shape index (κ1) is 15.1. The Labute approximate surface area is 101 Å². The molecule has 0 unspecified atom stereocenters. The molecular weight excluding hydrogens is 196 g/mol. The Morgan fingerprint density at radius 2 is 1.88 bits per heavy atom. The van der Waals surface area contributed by atoms with Crippen LogP contribution in [0.15, 0.2) is 24.3 Å². The highest BCUT2D eigenvalue weighted by atomic mass is 15.1. The van der Waals surface area contributed by atoms with Gasteiger partial charge in [0, 0.05) is 19.6 Å². The molecule has 16 heavy (non-hydrogen) atoms. The van der Waals surface area contributed by atoms with Crippen LogP contribution in [0.3, 0.4) is 0 Å². The van der Waals surface area contributed by atoms with Crippen LogP contribution in [0.1, 0.15) is 25.0 Å². The van der Waals surface area contributed by atoms with Crippen molar-refractivity contribution in [3.8, 4) is 0 Å². The first-order chi connectivity index (χ1) is 7.68. The summed E-state index contributed by atoms with van der Waals surface area (Å²) in [6, 6.07) is 8.62. The highest BCUT2D eigenvalue weighted by Gasteiger charge is 1.93. The van der Waals surface area contributed by atoms with Gasteiger partial charge in [-0.05, 0) is 26.6 Å². The van der Waals surface area contributed by atoms with E-state index in [2.05, 4.69) is 55.5 Å². The lowest BCUT2D eigenvalue weighted by Gasteiger charge is -2.10. The molecule has 0 aromatic heterocycles. The second-order valence-electron chi connectivity index (χ2n) is 3.97. The summed E-state index contributed by atoms with van der Waals surface area (Å²) in [5.41, 5.74) is 2.70. The van der Waals surface area contributed by atoms with Gasteiger partial charge in [-0.25, -0.2) is 0 Å². The SMILES string of the molecule is CC.Cc1cccc(CNCCN(C)C)c1. The van der Waals surface area contributed by atoms with Crippen LogP contribution < -0.4 is 5.32 Å². The molecule has 0 fully saturated rings. The molecule has 0 saturated carbocycles. The van der Waals surface area contributed by atoms with Gasteiger partial charge in [-0.15, -0.1) is 0 Å². The molecule has 0 saturated heterocycles. The van der Waals surface area contributed by atoms with Gasteiger partial charge in [0.15, 0.2) is 0 Å². The Kier molecular flexibility index (Phi) is 8.87. The number of likely N-dealkylation sites (N-methyl/N-ethyl adjacent to an activating group) is 1. The Balaban J connectivity index is 0.00000106. The molecule has 2 heteroatoms. The van der Waals surface area contributed by atoms with E-state index in [1.807, 2.05) is 13.8 Å². The van der Waals surface area contributed by atoms with E-state index in [1.165, 1.54) is 11.1 Å². The van der Waals surface area contributed by atoms with Crippen LogP contribution >= 0.6 is 0 Å². The fourth-order valence-corrected chi connectivity index (χ4v) is 1.36.